The first-order valence-corrected chi connectivity index (χ1v) is 9.40. The van der Waals surface area contributed by atoms with Gasteiger partial charge >= 0.3 is 0 Å². The fourth-order valence-corrected chi connectivity index (χ4v) is 5.49. The van der Waals surface area contributed by atoms with Crippen LogP contribution in [0.3, 0.4) is 0 Å². The van der Waals surface area contributed by atoms with E-state index in [1.165, 1.54) is 32.1 Å². The average Bonchev–Trinajstić information content (AvgIpc) is 3.27. The van der Waals surface area contributed by atoms with Gasteiger partial charge in [0.05, 0.1) is 11.7 Å². The molecular formula is C18H31N3O2. The number of nitrogens with zero attached hydrogens (tertiary/aromatic N) is 1. The molecule has 23 heavy (non-hydrogen) atoms. The largest absolute Gasteiger partial charge is 0.377 e. The highest BCUT2D eigenvalue weighted by Crippen LogP contribution is 2.60. The lowest BCUT2D eigenvalue weighted by molar-refractivity contribution is -0.125. The summed E-state index contributed by atoms with van der Waals surface area (Å²) in [6.07, 6.45) is 9.30. The molecule has 2 N–H and O–H groups in total. The van der Waals surface area contributed by atoms with Crippen molar-refractivity contribution in [3.8, 4) is 0 Å². The molecule has 4 atom stereocenters. The van der Waals surface area contributed by atoms with Gasteiger partial charge in [-0.3, -0.25) is 4.99 Å². The second kappa shape index (κ2) is 5.92. The molecule has 2 saturated heterocycles. The molecule has 4 fully saturated rings. The van der Waals surface area contributed by atoms with E-state index in [-0.39, 0.29) is 5.60 Å². The number of nitrogens with one attached hydrogen (secondary N) is 2. The Morgan fingerprint density at radius 3 is 2.70 bits per heavy atom. The molecule has 130 valence electrons. The molecule has 0 amide bonds. The van der Waals surface area contributed by atoms with Crippen molar-refractivity contribution in [1.82, 2.24) is 10.6 Å². The molecule has 2 aliphatic heterocycles. The summed E-state index contributed by atoms with van der Waals surface area (Å²) in [4.78, 5) is 4.47. The molecule has 2 aliphatic carbocycles. The second-order valence-electron chi connectivity index (χ2n) is 8.13. The molecule has 5 heteroatoms. The Morgan fingerprint density at radius 2 is 2.00 bits per heavy atom. The topological polar surface area (TPSA) is 54.9 Å². The van der Waals surface area contributed by atoms with Crippen LogP contribution in [0.5, 0.6) is 0 Å². The van der Waals surface area contributed by atoms with E-state index >= 15 is 0 Å². The second-order valence-corrected chi connectivity index (χ2v) is 8.13. The van der Waals surface area contributed by atoms with E-state index in [9.17, 15) is 0 Å². The van der Waals surface area contributed by atoms with Crippen LogP contribution in [0.2, 0.25) is 0 Å². The van der Waals surface area contributed by atoms with Gasteiger partial charge < -0.3 is 20.1 Å². The summed E-state index contributed by atoms with van der Waals surface area (Å²) in [5.74, 6) is 1.60. The monoisotopic (exact) mass is 321 g/mol. The minimum atomic E-state index is -0.0404. The van der Waals surface area contributed by atoms with Gasteiger partial charge in [0, 0.05) is 44.2 Å². The van der Waals surface area contributed by atoms with Crippen molar-refractivity contribution in [2.24, 2.45) is 16.3 Å². The highest BCUT2D eigenvalue weighted by atomic mass is 16.5. The fourth-order valence-electron chi connectivity index (χ4n) is 5.49. The van der Waals surface area contributed by atoms with Gasteiger partial charge in [0.15, 0.2) is 5.96 Å². The zero-order valence-corrected chi connectivity index (χ0v) is 14.6. The first-order chi connectivity index (χ1) is 11.2. The van der Waals surface area contributed by atoms with E-state index in [4.69, 9.17) is 9.47 Å². The summed E-state index contributed by atoms with van der Waals surface area (Å²) >= 11 is 0. The van der Waals surface area contributed by atoms with Crippen LogP contribution in [0.4, 0.5) is 0 Å². The van der Waals surface area contributed by atoms with Crippen molar-refractivity contribution in [2.45, 2.75) is 69.6 Å². The van der Waals surface area contributed by atoms with Gasteiger partial charge in [0.25, 0.3) is 0 Å². The Hall–Kier alpha value is -0.810. The molecule has 0 aromatic rings. The van der Waals surface area contributed by atoms with E-state index in [1.54, 1.807) is 0 Å². The third-order valence-electron chi connectivity index (χ3n) is 6.73. The van der Waals surface area contributed by atoms with Gasteiger partial charge in [-0.15, -0.1) is 0 Å². The molecule has 0 aromatic heterocycles. The maximum atomic E-state index is 6.07. The van der Waals surface area contributed by atoms with Crippen LogP contribution in [0.1, 0.15) is 51.9 Å². The molecule has 5 nitrogen and oxygen atoms in total. The molecule has 2 heterocycles. The normalized spacial score (nSPS) is 41.8. The van der Waals surface area contributed by atoms with Crippen molar-refractivity contribution in [1.29, 1.82) is 0 Å². The lowest BCUT2D eigenvalue weighted by atomic mass is 9.54. The van der Waals surface area contributed by atoms with E-state index in [0.29, 0.717) is 23.5 Å². The minimum absolute atomic E-state index is 0.0404. The highest BCUT2D eigenvalue weighted by Gasteiger charge is 2.65. The van der Waals surface area contributed by atoms with Gasteiger partial charge in [-0.1, -0.05) is 12.8 Å². The van der Waals surface area contributed by atoms with Crippen LogP contribution in [-0.2, 0) is 9.47 Å². The number of aliphatic imine (C=N–C) groups is 1. The number of hydrogen-bond donors (Lipinski definition) is 2. The molecule has 0 bridgehead atoms. The van der Waals surface area contributed by atoms with Crippen molar-refractivity contribution >= 4 is 5.96 Å². The highest BCUT2D eigenvalue weighted by molar-refractivity contribution is 5.80. The summed E-state index contributed by atoms with van der Waals surface area (Å²) in [6, 6.07) is 0.529. The van der Waals surface area contributed by atoms with Gasteiger partial charge in [-0.25, -0.2) is 0 Å². The van der Waals surface area contributed by atoms with Crippen molar-refractivity contribution in [2.75, 3.05) is 26.8 Å². The van der Waals surface area contributed by atoms with Gasteiger partial charge in [0.1, 0.15) is 0 Å². The van der Waals surface area contributed by atoms with Crippen LogP contribution < -0.4 is 10.6 Å². The number of rotatable bonds is 3. The maximum absolute atomic E-state index is 6.07. The van der Waals surface area contributed by atoms with E-state index in [1.807, 2.05) is 7.05 Å². The minimum Gasteiger partial charge on any atom is -0.377 e. The number of hydrogen-bond acceptors (Lipinski definition) is 3. The Kier molecular flexibility index (Phi) is 4.04. The van der Waals surface area contributed by atoms with Crippen molar-refractivity contribution in [3.63, 3.8) is 0 Å². The van der Waals surface area contributed by atoms with Crippen molar-refractivity contribution < 1.29 is 9.47 Å². The zero-order chi connectivity index (χ0) is 15.9. The van der Waals surface area contributed by atoms with Gasteiger partial charge in [-0.05, 0) is 39.0 Å². The molecule has 4 unspecified atom stereocenters. The molecule has 1 spiro atoms. The van der Waals surface area contributed by atoms with Gasteiger partial charge in [0.2, 0.25) is 0 Å². The summed E-state index contributed by atoms with van der Waals surface area (Å²) in [6.45, 7) is 4.85. The van der Waals surface area contributed by atoms with Crippen LogP contribution in [0.15, 0.2) is 4.99 Å². The van der Waals surface area contributed by atoms with Crippen LogP contribution in [0, 0.1) is 11.3 Å². The number of ether oxygens (including phenoxy) is 2. The zero-order valence-electron chi connectivity index (χ0n) is 14.6. The smallest absolute Gasteiger partial charge is 0.191 e. The SMILES string of the molecule is CN=C(NCC1(C)CCCO1)NC1C2CCOC2C12CCCC2. The summed E-state index contributed by atoms with van der Waals surface area (Å²) in [5.41, 5.74) is 0.327. The van der Waals surface area contributed by atoms with Crippen LogP contribution in [-0.4, -0.2) is 50.5 Å². The molecule has 0 radical (unpaired) electrons. The summed E-state index contributed by atoms with van der Waals surface area (Å²) in [7, 11) is 1.87. The number of guanidine groups is 1. The third kappa shape index (κ3) is 2.56. The van der Waals surface area contributed by atoms with Gasteiger partial charge in [-0.2, -0.15) is 0 Å². The van der Waals surface area contributed by atoms with Crippen LogP contribution in [0.25, 0.3) is 0 Å². The molecule has 0 aromatic carbocycles. The maximum Gasteiger partial charge on any atom is 0.191 e. The van der Waals surface area contributed by atoms with E-state index < -0.39 is 0 Å². The predicted molar refractivity (Wildman–Crippen MR) is 90.6 cm³/mol. The molecule has 2 saturated carbocycles. The Labute approximate surface area is 139 Å². The fraction of sp³-hybridized carbons (Fsp3) is 0.944. The Bertz CT molecular complexity index is 467. The van der Waals surface area contributed by atoms with E-state index in [2.05, 4.69) is 22.5 Å². The first kappa shape index (κ1) is 15.7. The quantitative estimate of drug-likeness (QED) is 0.617. The lowest BCUT2D eigenvalue weighted by Crippen LogP contribution is -2.69. The molecule has 4 aliphatic rings. The van der Waals surface area contributed by atoms with Crippen LogP contribution >= 0.6 is 0 Å². The third-order valence-corrected chi connectivity index (χ3v) is 6.73. The molecular weight excluding hydrogens is 290 g/mol. The first-order valence-electron chi connectivity index (χ1n) is 9.40. The lowest BCUT2D eigenvalue weighted by Gasteiger charge is -2.57. The average molecular weight is 321 g/mol. The standard InChI is InChI=1S/C18H31N3O2/c1-17(7-5-10-23-17)12-20-16(19-2)21-14-13-6-11-22-15(13)18(14)8-3-4-9-18/h13-15H,3-12H2,1-2H3,(H2,19,20,21). The Morgan fingerprint density at radius 1 is 1.17 bits per heavy atom. The Balaban J connectivity index is 1.39. The predicted octanol–water partition coefficient (Wildman–Crippen LogP) is 2.07. The van der Waals surface area contributed by atoms with Crippen molar-refractivity contribution in [3.05, 3.63) is 0 Å². The summed E-state index contributed by atoms with van der Waals surface area (Å²) < 4.78 is 12.0. The summed E-state index contributed by atoms with van der Waals surface area (Å²) in [5, 5.41) is 7.26. The molecule has 4 rings (SSSR count). The van der Waals surface area contributed by atoms with E-state index in [0.717, 1.165) is 38.6 Å². The number of fused-ring (bicyclic) bond motifs is 2.